The molecule has 4 aromatic carbocycles. The Bertz CT molecular complexity index is 1080. The zero-order chi connectivity index (χ0) is 16.5. The molecule has 0 unspecified atom stereocenters. The number of nitriles is 2. The first-order chi connectivity index (χ1) is 11.8. The van der Waals surface area contributed by atoms with Crippen molar-refractivity contribution in [1.82, 2.24) is 0 Å². The molecule has 0 atom stereocenters. The second kappa shape index (κ2) is 5.54. The van der Waals surface area contributed by atoms with Crippen molar-refractivity contribution in [2.75, 3.05) is 0 Å². The molecular weight excluding hydrogens is 292 g/mol. The molecule has 110 valence electrons. The monoisotopic (exact) mass is 304 g/mol. The lowest BCUT2D eigenvalue weighted by atomic mass is 9.91. The molecule has 0 aromatic heterocycles. The molecule has 0 spiro atoms. The third-order valence-corrected chi connectivity index (χ3v) is 4.38. The fourth-order valence-corrected chi connectivity index (χ4v) is 3.28. The maximum Gasteiger partial charge on any atom is 0.0998 e. The quantitative estimate of drug-likeness (QED) is 0.472. The van der Waals surface area contributed by atoms with Crippen molar-refractivity contribution in [3.8, 4) is 23.3 Å². The normalized spacial score (nSPS) is 10.4. The summed E-state index contributed by atoms with van der Waals surface area (Å²) in [5, 5.41) is 22.7. The van der Waals surface area contributed by atoms with Gasteiger partial charge in [0.2, 0.25) is 0 Å². The van der Waals surface area contributed by atoms with E-state index in [0.717, 1.165) is 32.7 Å². The highest BCUT2D eigenvalue weighted by Crippen LogP contribution is 2.35. The van der Waals surface area contributed by atoms with E-state index >= 15 is 0 Å². The van der Waals surface area contributed by atoms with Gasteiger partial charge in [-0.3, -0.25) is 0 Å². The Morgan fingerprint density at radius 1 is 0.458 bits per heavy atom. The van der Waals surface area contributed by atoms with Gasteiger partial charge < -0.3 is 0 Å². The van der Waals surface area contributed by atoms with Crippen molar-refractivity contribution in [3.05, 3.63) is 83.9 Å². The summed E-state index contributed by atoms with van der Waals surface area (Å²) < 4.78 is 0. The minimum atomic E-state index is 0.673. The molecule has 0 aliphatic carbocycles. The number of rotatable bonds is 1. The van der Waals surface area contributed by atoms with Crippen LogP contribution in [-0.2, 0) is 0 Å². The Morgan fingerprint density at radius 2 is 0.833 bits per heavy atom. The molecule has 4 aromatic rings. The van der Waals surface area contributed by atoms with E-state index in [1.807, 2.05) is 60.7 Å². The fourth-order valence-electron chi connectivity index (χ4n) is 3.28. The van der Waals surface area contributed by atoms with Gasteiger partial charge >= 0.3 is 0 Å². The first-order valence-corrected chi connectivity index (χ1v) is 7.67. The van der Waals surface area contributed by atoms with Gasteiger partial charge in [0.25, 0.3) is 0 Å². The molecule has 0 saturated heterocycles. The van der Waals surface area contributed by atoms with Gasteiger partial charge in [0.05, 0.1) is 23.3 Å². The lowest BCUT2D eigenvalue weighted by molar-refractivity contribution is 1.50. The van der Waals surface area contributed by atoms with E-state index in [9.17, 15) is 10.5 Å². The smallest absolute Gasteiger partial charge is 0.0998 e. The van der Waals surface area contributed by atoms with E-state index in [1.54, 1.807) is 0 Å². The Morgan fingerprint density at radius 3 is 1.25 bits per heavy atom. The van der Waals surface area contributed by atoms with Crippen LogP contribution in [0.3, 0.4) is 0 Å². The molecule has 0 heterocycles. The number of hydrogen-bond donors (Lipinski definition) is 0. The van der Waals surface area contributed by atoms with Gasteiger partial charge in [-0.25, -0.2) is 0 Å². The summed E-state index contributed by atoms with van der Waals surface area (Å²) in [6, 6.07) is 28.1. The number of hydrogen-bond acceptors (Lipinski definition) is 2. The van der Waals surface area contributed by atoms with Crippen LogP contribution in [0.4, 0.5) is 0 Å². The summed E-state index contributed by atoms with van der Waals surface area (Å²) >= 11 is 0. The average Bonchev–Trinajstić information content (AvgIpc) is 2.66. The lowest BCUT2D eigenvalue weighted by Crippen LogP contribution is -1.87. The van der Waals surface area contributed by atoms with Crippen LogP contribution in [0.15, 0.2) is 72.8 Å². The van der Waals surface area contributed by atoms with Crippen LogP contribution >= 0.6 is 0 Å². The molecule has 2 nitrogen and oxygen atoms in total. The summed E-state index contributed by atoms with van der Waals surface area (Å²) in [7, 11) is 0. The van der Waals surface area contributed by atoms with Gasteiger partial charge in [0, 0.05) is 10.8 Å². The first-order valence-electron chi connectivity index (χ1n) is 7.67. The van der Waals surface area contributed by atoms with Crippen LogP contribution in [-0.4, -0.2) is 0 Å². The van der Waals surface area contributed by atoms with Crippen LogP contribution in [0.2, 0.25) is 0 Å². The summed E-state index contributed by atoms with van der Waals surface area (Å²) in [5.74, 6) is 0. The second-order valence-electron chi connectivity index (χ2n) is 5.64. The van der Waals surface area contributed by atoms with Crippen LogP contribution < -0.4 is 0 Å². The molecule has 0 radical (unpaired) electrons. The van der Waals surface area contributed by atoms with Crippen LogP contribution in [0.1, 0.15) is 11.1 Å². The van der Waals surface area contributed by atoms with E-state index in [0.29, 0.717) is 11.1 Å². The SMILES string of the molecule is N#Cc1cccc2c(-c3cccc4c(C#N)cccc34)cccc12. The summed E-state index contributed by atoms with van der Waals surface area (Å²) in [6.45, 7) is 0. The van der Waals surface area contributed by atoms with Gasteiger partial charge in [-0.15, -0.1) is 0 Å². The maximum absolute atomic E-state index is 9.35. The minimum Gasteiger partial charge on any atom is -0.192 e. The van der Waals surface area contributed by atoms with Crippen molar-refractivity contribution in [2.24, 2.45) is 0 Å². The largest absolute Gasteiger partial charge is 0.192 e. The van der Waals surface area contributed by atoms with E-state index < -0.39 is 0 Å². The molecule has 0 fully saturated rings. The lowest BCUT2D eigenvalue weighted by Gasteiger charge is -2.11. The topological polar surface area (TPSA) is 47.6 Å². The van der Waals surface area contributed by atoms with E-state index in [4.69, 9.17) is 0 Å². The van der Waals surface area contributed by atoms with Crippen LogP contribution in [0.5, 0.6) is 0 Å². The highest BCUT2D eigenvalue weighted by molar-refractivity contribution is 6.07. The van der Waals surface area contributed by atoms with Gasteiger partial charge in [0.15, 0.2) is 0 Å². The maximum atomic E-state index is 9.35. The molecule has 0 aliphatic heterocycles. The Labute approximate surface area is 139 Å². The minimum absolute atomic E-state index is 0.673. The third kappa shape index (κ3) is 2.02. The number of nitrogens with zero attached hydrogens (tertiary/aromatic N) is 2. The summed E-state index contributed by atoms with van der Waals surface area (Å²) in [6.07, 6.45) is 0. The molecule has 0 N–H and O–H groups in total. The van der Waals surface area contributed by atoms with E-state index in [2.05, 4.69) is 24.3 Å². The molecular formula is C22H12N2. The second-order valence-corrected chi connectivity index (χ2v) is 5.64. The number of benzene rings is 4. The number of fused-ring (bicyclic) bond motifs is 2. The Hall–Kier alpha value is -3.62. The molecule has 24 heavy (non-hydrogen) atoms. The summed E-state index contributed by atoms with van der Waals surface area (Å²) in [4.78, 5) is 0. The van der Waals surface area contributed by atoms with Crippen molar-refractivity contribution >= 4 is 21.5 Å². The molecule has 0 amide bonds. The van der Waals surface area contributed by atoms with Crippen molar-refractivity contribution in [1.29, 1.82) is 10.5 Å². The molecule has 0 saturated carbocycles. The predicted octanol–water partition coefficient (Wildman–Crippen LogP) is 5.40. The third-order valence-electron chi connectivity index (χ3n) is 4.38. The molecule has 0 aliphatic rings. The highest BCUT2D eigenvalue weighted by atomic mass is 14.3. The fraction of sp³-hybridized carbons (Fsp3) is 0. The van der Waals surface area contributed by atoms with Gasteiger partial charge in [0.1, 0.15) is 0 Å². The van der Waals surface area contributed by atoms with Crippen molar-refractivity contribution in [3.63, 3.8) is 0 Å². The Kier molecular flexibility index (Phi) is 3.23. The van der Waals surface area contributed by atoms with E-state index in [1.165, 1.54) is 0 Å². The van der Waals surface area contributed by atoms with Gasteiger partial charge in [-0.05, 0) is 34.0 Å². The summed E-state index contributed by atoms with van der Waals surface area (Å²) in [5.41, 5.74) is 3.50. The van der Waals surface area contributed by atoms with Crippen molar-refractivity contribution in [2.45, 2.75) is 0 Å². The van der Waals surface area contributed by atoms with Crippen molar-refractivity contribution < 1.29 is 0 Å². The average molecular weight is 304 g/mol. The van der Waals surface area contributed by atoms with Gasteiger partial charge in [-0.2, -0.15) is 10.5 Å². The predicted molar refractivity (Wildman–Crippen MR) is 96.3 cm³/mol. The standard InChI is InChI=1S/C22H12N2/c23-13-15-5-1-9-19-17(15)7-3-11-21(19)22-12-4-8-18-16(14-24)6-2-10-20(18)22/h1-12H. The molecule has 4 rings (SSSR count). The van der Waals surface area contributed by atoms with E-state index in [-0.39, 0.29) is 0 Å². The first kappa shape index (κ1) is 14.0. The van der Waals surface area contributed by atoms with Crippen LogP contribution in [0.25, 0.3) is 32.7 Å². The zero-order valence-electron chi connectivity index (χ0n) is 12.8. The van der Waals surface area contributed by atoms with Crippen LogP contribution in [0, 0.1) is 22.7 Å². The highest BCUT2D eigenvalue weighted by Gasteiger charge is 2.10. The molecule has 2 heteroatoms. The zero-order valence-corrected chi connectivity index (χ0v) is 12.8. The molecule has 0 bridgehead atoms. The Balaban J connectivity index is 2.12. The van der Waals surface area contributed by atoms with Gasteiger partial charge in [-0.1, -0.05) is 60.7 Å².